The monoisotopic (exact) mass is 324 g/mol. The number of hydrogen-bond donors (Lipinski definition) is 1. The Balaban J connectivity index is 1.77. The van der Waals surface area contributed by atoms with Crippen molar-refractivity contribution in [2.24, 2.45) is 0 Å². The Labute approximate surface area is 140 Å². The van der Waals surface area contributed by atoms with Gasteiger partial charge in [0.15, 0.2) is 0 Å². The lowest BCUT2D eigenvalue weighted by atomic mass is 9.99. The third-order valence-electron chi connectivity index (χ3n) is 5.44. The quantitative estimate of drug-likeness (QED) is 0.853. The fourth-order valence-electron chi connectivity index (χ4n) is 3.16. The highest BCUT2D eigenvalue weighted by Gasteiger charge is 2.31. The zero-order chi connectivity index (χ0) is 17.0. The molecular formula is C17H32N4O2. The summed E-state index contributed by atoms with van der Waals surface area (Å²) in [6, 6.07) is 0.341. The number of amides is 3. The summed E-state index contributed by atoms with van der Waals surface area (Å²) < 4.78 is 0. The number of nitrogens with one attached hydrogen (secondary N) is 1. The molecule has 0 aromatic carbocycles. The molecule has 0 spiro atoms. The average molecular weight is 324 g/mol. The summed E-state index contributed by atoms with van der Waals surface area (Å²) in [4.78, 5) is 30.4. The normalized spacial score (nSPS) is 21.0. The summed E-state index contributed by atoms with van der Waals surface area (Å²) in [5.74, 6) is 0.298. The summed E-state index contributed by atoms with van der Waals surface area (Å²) in [5.41, 5.74) is -0.0613. The van der Waals surface area contributed by atoms with Gasteiger partial charge in [0, 0.05) is 44.2 Å². The van der Waals surface area contributed by atoms with Crippen LogP contribution in [0.5, 0.6) is 0 Å². The van der Waals surface area contributed by atoms with Crippen molar-refractivity contribution in [3.63, 3.8) is 0 Å². The Bertz CT molecular complexity index is 428. The zero-order valence-corrected chi connectivity index (χ0v) is 15.1. The second kappa shape index (κ2) is 7.51. The Morgan fingerprint density at radius 3 is 2.43 bits per heavy atom. The third-order valence-corrected chi connectivity index (χ3v) is 5.44. The molecule has 2 heterocycles. The second-order valence-electron chi connectivity index (χ2n) is 7.63. The van der Waals surface area contributed by atoms with Crippen LogP contribution in [-0.4, -0.2) is 78.5 Å². The molecule has 1 N–H and O–H groups in total. The standard InChI is InChI=1S/C17H32N4O2/c1-17(2,19(3)4)13-18-16(23)20-11-8-14(9-12-20)21-10-6-5-7-15(21)22/h14H,5-13H2,1-4H3,(H,18,23). The number of urea groups is 1. The first-order chi connectivity index (χ1) is 10.8. The number of likely N-dealkylation sites (tertiary alicyclic amines) is 2. The number of nitrogens with zero attached hydrogens (tertiary/aromatic N) is 3. The summed E-state index contributed by atoms with van der Waals surface area (Å²) in [7, 11) is 4.04. The van der Waals surface area contributed by atoms with E-state index in [-0.39, 0.29) is 11.6 Å². The van der Waals surface area contributed by atoms with Crippen LogP contribution in [0.2, 0.25) is 0 Å². The molecule has 0 radical (unpaired) electrons. The van der Waals surface area contributed by atoms with Crippen molar-refractivity contribution in [2.45, 2.75) is 57.5 Å². The van der Waals surface area contributed by atoms with Crippen molar-refractivity contribution in [3.05, 3.63) is 0 Å². The van der Waals surface area contributed by atoms with Gasteiger partial charge in [0.25, 0.3) is 0 Å². The van der Waals surface area contributed by atoms with Crippen LogP contribution in [0.4, 0.5) is 4.79 Å². The Morgan fingerprint density at radius 1 is 1.22 bits per heavy atom. The molecule has 0 aliphatic carbocycles. The summed E-state index contributed by atoms with van der Waals surface area (Å²) in [6.07, 6.45) is 4.64. The van der Waals surface area contributed by atoms with Gasteiger partial charge in [-0.25, -0.2) is 4.79 Å². The number of carbonyl (C=O) groups is 2. The molecule has 132 valence electrons. The van der Waals surface area contributed by atoms with Crippen LogP contribution in [0.3, 0.4) is 0 Å². The van der Waals surface area contributed by atoms with Crippen LogP contribution >= 0.6 is 0 Å². The van der Waals surface area contributed by atoms with Crippen LogP contribution in [-0.2, 0) is 4.79 Å². The molecule has 3 amide bonds. The lowest BCUT2D eigenvalue weighted by Gasteiger charge is -2.40. The van der Waals surface area contributed by atoms with Gasteiger partial charge in [-0.3, -0.25) is 4.79 Å². The maximum atomic E-state index is 12.3. The van der Waals surface area contributed by atoms with E-state index in [9.17, 15) is 9.59 Å². The highest BCUT2D eigenvalue weighted by atomic mass is 16.2. The smallest absolute Gasteiger partial charge is 0.317 e. The molecule has 2 aliphatic rings. The van der Waals surface area contributed by atoms with Crippen molar-refractivity contribution in [2.75, 3.05) is 40.3 Å². The first-order valence-corrected chi connectivity index (χ1v) is 8.81. The van der Waals surface area contributed by atoms with E-state index in [4.69, 9.17) is 0 Å². The van der Waals surface area contributed by atoms with Crippen LogP contribution in [0, 0.1) is 0 Å². The predicted octanol–water partition coefficient (Wildman–Crippen LogP) is 1.51. The largest absolute Gasteiger partial charge is 0.340 e. The summed E-state index contributed by atoms with van der Waals surface area (Å²) in [6.45, 7) is 7.23. The maximum Gasteiger partial charge on any atom is 0.317 e. The average Bonchev–Trinajstić information content (AvgIpc) is 2.53. The van der Waals surface area contributed by atoms with E-state index in [1.165, 1.54) is 0 Å². The van der Waals surface area contributed by atoms with Gasteiger partial charge in [0.2, 0.25) is 5.91 Å². The molecule has 2 rings (SSSR count). The Morgan fingerprint density at radius 2 is 1.87 bits per heavy atom. The molecule has 6 heteroatoms. The molecular weight excluding hydrogens is 292 g/mol. The van der Waals surface area contributed by atoms with Crippen molar-refractivity contribution >= 4 is 11.9 Å². The fraction of sp³-hybridized carbons (Fsp3) is 0.882. The third kappa shape index (κ3) is 4.59. The van der Waals surface area contributed by atoms with E-state index in [0.717, 1.165) is 45.3 Å². The van der Waals surface area contributed by atoms with Crippen molar-refractivity contribution in [1.82, 2.24) is 20.0 Å². The molecule has 0 aromatic rings. The van der Waals surface area contributed by atoms with Gasteiger partial charge in [-0.2, -0.15) is 0 Å². The van der Waals surface area contributed by atoms with Crippen LogP contribution in [0.1, 0.15) is 46.0 Å². The molecule has 0 unspecified atom stereocenters. The molecule has 2 fully saturated rings. The topological polar surface area (TPSA) is 55.9 Å². The van der Waals surface area contributed by atoms with E-state index in [0.29, 0.717) is 24.9 Å². The van der Waals surface area contributed by atoms with Crippen molar-refractivity contribution in [1.29, 1.82) is 0 Å². The van der Waals surface area contributed by atoms with Crippen molar-refractivity contribution < 1.29 is 9.59 Å². The fourth-order valence-corrected chi connectivity index (χ4v) is 3.16. The van der Waals surface area contributed by atoms with Gasteiger partial charge in [0.1, 0.15) is 0 Å². The second-order valence-corrected chi connectivity index (χ2v) is 7.63. The highest BCUT2D eigenvalue weighted by molar-refractivity contribution is 5.77. The highest BCUT2D eigenvalue weighted by Crippen LogP contribution is 2.21. The van der Waals surface area contributed by atoms with Crippen LogP contribution in [0.15, 0.2) is 0 Å². The van der Waals surface area contributed by atoms with Gasteiger partial charge in [0.05, 0.1) is 0 Å². The summed E-state index contributed by atoms with van der Waals surface area (Å²) >= 11 is 0. The minimum Gasteiger partial charge on any atom is -0.340 e. The maximum absolute atomic E-state index is 12.3. The first kappa shape index (κ1) is 18.0. The molecule has 2 aliphatic heterocycles. The molecule has 2 saturated heterocycles. The lowest BCUT2D eigenvalue weighted by molar-refractivity contribution is -0.136. The van der Waals surface area contributed by atoms with Crippen LogP contribution in [0.25, 0.3) is 0 Å². The minimum atomic E-state index is -0.0613. The van der Waals surface area contributed by atoms with Gasteiger partial charge in [-0.15, -0.1) is 0 Å². The minimum absolute atomic E-state index is 0.0170. The zero-order valence-electron chi connectivity index (χ0n) is 15.1. The molecule has 23 heavy (non-hydrogen) atoms. The lowest BCUT2D eigenvalue weighted by Crippen LogP contribution is -2.54. The SMILES string of the molecule is CN(C)C(C)(C)CNC(=O)N1CCC(N2CCCCC2=O)CC1. The number of hydrogen-bond acceptors (Lipinski definition) is 3. The number of piperidine rings is 2. The van der Waals surface area contributed by atoms with Crippen molar-refractivity contribution in [3.8, 4) is 0 Å². The van der Waals surface area contributed by atoms with E-state index in [1.54, 1.807) is 0 Å². The van der Waals surface area contributed by atoms with Gasteiger partial charge in [-0.1, -0.05) is 0 Å². The summed E-state index contributed by atoms with van der Waals surface area (Å²) in [5, 5.41) is 3.04. The Kier molecular flexibility index (Phi) is 5.89. The Hall–Kier alpha value is -1.30. The number of likely N-dealkylation sites (N-methyl/N-ethyl adjacent to an activating group) is 1. The number of carbonyl (C=O) groups excluding carboxylic acids is 2. The molecule has 0 saturated carbocycles. The van der Waals surface area contributed by atoms with E-state index < -0.39 is 0 Å². The molecule has 6 nitrogen and oxygen atoms in total. The van der Waals surface area contributed by atoms with E-state index >= 15 is 0 Å². The van der Waals surface area contributed by atoms with Gasteiger partial charge < -0.3 is 20.0 Å². The predicted molar refractivity (Wildman–Crippen MR) is 91.3 cm³/mol. The van der Waals surface area contributed by atoms with Gasteiger partial charge >= 0.3 is 6.03 Å². The molecule has 0 bridgehead atoms. The molecule has 0 atom stereocenters. The van der Waals surface area contributed by atoms with E-state index in [1.807, 2.05) is 23.9 Å². The van der Waals surface area contributed by atoms with E-state index in [2.05, 4.69) is 24.1 Å². The van der Waals surface area contributed by atoms with Gasteiger partial charge in [-0.05, 0) is 53.6 Å². The number of rotatable bonds is 4. The molecule has 0 aromatic heterocycles. The van der Waals surface area contributed by atoms with Crippen LogP contribution < -0.4 is 5.32 Å². The first-order valence-electron chi connectivity index (χ1n) is 8.81.